The fourth-order valence-electron chi connectivity index (χ4n) is 3.00. The van der Waals surface area contributed by atoms with E-state index in [1.165, 1.54) is 32.1 Å². The van der Waals surface area contributed by atoms with Crippen molar-refractivity contribution in [2.45, 2.75) is 46.0 Å². The van der Waals surface area contributed by atoms with Crippen LogP contribution in [0.3, 0.4) is 0 Å². The fraction of sp³-hybridized carbons (Fsp3) is 0.550. The van der Waals surface area contributed by atoms with Gasteiger partial charge in [0.1, 0.15) is 5.82 Å². The highest BCUT2D eigenvalue weighted by molar-refractivity contribution is 6.05. The van der Waals surface area contributed by atoms with Crippen molar-refractivity contribution < 1.29 is 9.53 Å². The number of ether oxygens (including phenoxy) is 1. The molecule has 3 rings (SSSR count). The third kappa shape index (κ3) is 6.09. The summed E-state index contributed by atoms with van der Waals surface area (Å²) in [5, 5.41) is 3.65. The molecule has 2 aromatic rings. The largest absolute Gasteiger partial charge is 0.383 e. The summed E-state index contributed by atoms with van der Waals surface area (Å²) in [6.45, 7) is 5.14. The molecule has 5 nitrogen and oxygen atoms in total. The Morgan fingerprint density at radius 3 is 2.68 bits per heavy atom. The van der Waals surface area contributed by atoms with Gasteiger partial charge >= 0.3 is 0 Å². The number of nitrogens with one attached hydrogen (secondary N) is 1. The van der Waals surface area contributed by atoms with Crippen molar-refractivity contribution in [3.05, 3.63) is 35.8 Å². The SMILES string of the molecule is CC1CCCCC1.COCCNC(=O)c1cccc2cnc(C)nc12. The molecule has 1 amide bonds. The Hall–Kier alpha value is -2.01. The molecule has 0 aliphatic heterocycles. The highest BCUT2D eigenvalue weighted by Crippen LogP contribution is 2.22. The number of nitrogens with zero attached hydrogens (tertiary/aromatic N) is 2. The molecule has 0 atom stereocenters. The van der Waals surface area contributed by atoms with Crippen LogP contribution in [0, 0.1) is 12.8 Å². The third-order valence-corrected chi connectivity index (χ3v) is 4.46. The maximum Gasteiger partial charge on any atom is 0.253 e. The summed E-state index contributed by atoms with van der Waals surface area (Å²) in [6.07, 6.45) is 9.16. The third-order valence-electron chi connectivity index (χ3n) is 4.46. The van der Waals surface area contributed by atoms with E-state index in [0.717, 1.165) is 11.3 Å². The average Bonchev–Trinajstić information content (AvgIpc) is 2.62. The normalized spacial score (nSPS) is 14.7. The molecule has 1 N–H and O–H groups in total. The molecule has 1 fully saturated rings. The van der Waals surface area contributed by atoms with Crippen LogP contribution in [0.15, 0.2) is 24.4 Å². The van der Waals surface area contributed by atoms with Gasteiger partial charge in [-0.15, -0.1) is 0 Å². The van der Waals surface area contributed by atoms with Crippen molar-refractivity contribution in [2.24, 2.45) is 5.92 Å². The zero-order chi connectivity index (χ0) is 18.1. The van der Waals surface area contributed by atoms with Gasteiger partial charge in [-0.05, 0) is 18.9 Å². The number of carbonyl (C=O) groups excluding carboxylic acids is 1. The van der Waals surface area contributed by atoms with E-state index in [-0.39, 0.29) is 5.91 Å². The molecule has 1 heterocycles. The number of carbonyl (C=O) groups is 1. The Labute approximate surface area is 150 Å². The molecular weight excluding hydrogens is 314 g/mol. The molecule has 0 bridgehead atoms. The van der Waals surface area contributed by atoms with Gasteiger partial charge in [0, 0.05) is 25.2 Å². The first kappa shape index (κ1) is 19.3. The minimum absolute atomic E-state index is 0.143. The van der Waals surface area contributed by atoms with Crippen LogP contribution in [-0.4, -0.2) is 36.1 Å². The zero-order valence-electron chi connectivity index (χ0n) is 15.5. The molecule has 1 saturated carbocycles. The summed E-state index contributed by atoms with van der Waals surface area (Å²) in [5.74, 6) is 1.55. The summed E-state index contributed by atoms with van der Waals surface area (Å²) < 4.78 is 4.89. The van der Waals surface area contributed by atoms with Gasteiger partial charge in [-0.25, -0.2) is 9.97 Å². The molecule has 1 aromatic heterocycles. The molecule has 136 valence electrons. The molecule has 1 aromatic carbocycles. The molecule has 0 unspecified atom stereocenters. The van der Waals surface area contributed by atoms with E-state index in [2.05, 4.69) is 22.2 Å². The van der Waals surface area contributed by atoms with Crippen LogP contribution in [0.2, 0.25) is 0 Å². The number of aromatic nitrogens is 2. The minimum Gasteiger partial charge on any atom is -0.383 e. The van der Waals surface area contributed by atoms with Gasteiger partial charge in [0.15, 0.2) is 0 Å². The smallest absolute Gasteiger partial charge is 0.253 e. The lowest BCUT2D eigenvalue weighted by Gasteiger charge is -2.15. The van der Waals surface area contributed by atoms with E-state index in [4.69, 9.17) is 4.74 Å². The van der Waals surface area contributed by atoms with Crippen molar-refractivity contribution >= 4 is 16.8 Å². The standard InChI is InChI=1S/C13H15N3O2.C7H14/c1-9-15-8-10-4-3-5-11(12(10)16-9)13(17)14-6-7-18-2;1-7-5-3-2-4-6-7/h3-5,8H,6-7H2,1-2H3,(H,14,17);7H,2-6H2,1H3. The first-order valence-electron chi connectivity index (χ1n) is 9.11. The van der Waals surface area contributed by atoms with Crippen molar-refractivity contribution in [1.29, 1.82) is 0 Å². The Morgan fingerprint density at radius 2 is 2.04 bits per heavy atom. The second-order valence-electron chi connectivity index (χ2n) is 6.65. The Kier molecular flexibility index (Phi) is 7.79. The van der Waals surface area contributed by atoms with Crippen LogP contribution >= 0.6 is 0 Å². The molecule has 5 heteroatoms. The van der Waals surface area contributed by atoms with Crippen LogP contribution in [0.25, 0.3) is 10.9 Å². The maximum atomic E-state index is 12.0. The summed E-state index contributed by atoms with van der Waals surface area (Å²) >= 11 is 0. The number of fused-ring (bicyclic) bond motifs is 1. The predicted octanol–water partition coefficient (Wildman–Crippen LogP) is 3.90. The number of amides is 1. The number of hydrogen-bond acceptors (Lipinski definition) is 4. The monoisotopic (exact) mass is 343 g/mol. The van der Waals surface area contributed by atoms with Gasteiger partial charge < -0.3 is 10.1 Å². The van der Waals surface area contributed by atoms with Crippen molar-refractivity contribution in [3.8, 4) is 0 Å². The second kappa shape index (κ2) is 10.1. The quantitative estimate of drug-likeness (QED) is 0.855. The van der Waals surface area contributed by atoms with Crippen molar-refractivity contribution in [3.63, 3.8) is 0 Å². The van der Waals surface area contributed by atoms with Gasteiger partial charge in [0.05, 0.1) is 17.7 Å². The zero-order valence-corrected chi connectivity index (χ0v) is 15.5. The Bertz CT molecular complexity index is 682. The number of aryl methyl sites for hydroxylation is 1. The number of benzene rings is 1. The van der Waals surface area contributed by atoms with Crippen LogP contribution in [0.4, 0.5) is 0 Å². The summed E-state index contributed by atoms with van der Waals surface area (Å²) in [4.78, 5) is 20.5. The first-order valence-corrected chi connectivity index (χ1v) is 9.11. The van der Waals surface area contributed by atoms with Gasteiger partial charge in [0.2, 0.25) is 0 Å². The second-order valence-corrected chi connectivity index (χ2v) is 6.65. The minimum atomic E-state index is -0.143. The number of para-hydroxylation sites is 1. The molecular formula is C20H29N3O2. The Morgan fingerprint density at radius 1 is 1.28 bits per heavy atom. The van der Waals surface area contributed by atoms with Crippen LogP contribution in [0.1, 0.15) is 55.2 Å². The topological polar surface area (TPSA) is 64.1 Å². The molecule has 0 spiro atoms. The average molecular weight is 343 g/mol. The molecule has 1 aliphatic rings. The highest BCUT2D eigenvalue weighted by Gasteiger charge is 2.10. The highest BCUT2D eigenvalue weighted by atomic mass is 16.5. The molecule has 0 radical (unpaired) electrons. The van der Waals surface area contributed by atoms with E-state index >= 15 is 0 Å². The lowest BCUT2D eigenvalue weighted by molar-refractivity contribution is 0.0938. The van der Waals surface area contributed by atoms with Crippen molar-refractivity contribution in [2.75, 3.05) is 20.3 Å². The lowest BCUT2D eigenvalue weighted by atomic mass is 9.91. The van der Waals surface area contributed by atoms with Crippen LogP contribution < -0.4 is 5.32 Å². The van der Waals surface area contributed by atoms with E-state index < -0.39 is 0 Å². The first-order chi connectivity index (χ1) is 12.1. The van der Waals surface area contributed by atoms with Crippen LogP contribution in [0.5, 0.6) is 0 Å². The number of hydrogen-bond donors (Lipinski definition) is 1. The van der Waals surface area contributed by atoms with Crippen molar-refractivity contribution in [1.82, 2.24) is 15.3 Å². The van der Waals surface area contributed by atoms with Gasteiger partial charge in [-0.3, -0.25) is 4.79 Å². The van der Waals surface area contributed by atoms with Crippen LogP contribution in [-0.2, 0) is 4.74 Å². The fourth-order valence-corrected chi connectivity index (χ4v) is 3.00. The van der Waals surface area contributed by atoms with E-state index in [9.17, 15) is 4.79 Å². The summed E-state index contributed by atoms with van der Waals surface area (Å²) in [7, 11) is 1.60. The van der Waals surface area contributed by atoms with E-state index in [1.54, 1.807) is 26.3 Å². The maximum absolute atomic E-state index is 12.0. The predicted molar refractivity (Wildman–Crippen MR) is 101 cm³/mol. The summed E-state index contributed by atoms with van der Waals surface area (Å²) in [5.41, 5.74) is 1.24. The lowest BCUT2D eigenvalue weighted by Crippen LogP contribution is -2.27. The van der Waals surface area contributed by atoms with E-state index in [0.29, 0.717) is 30.1 Å². The number of rotatable bonds is 4. The molecule has 25 heavy (non-hydrogen) atoms. The molecule has 1 aliphatic carbocycles. The van der Waals surface area contributed by atoms with Gasteiger partial charge in [-0.2, -0.15) is 0 Å². The molecule has 0 saturated heterocycles. The van der Waals surface area contributed by atoms with Gasteiger partial charge in [0.25, 0.3) is 5.91 Å². The van der Waals surface area contributed by atoms with Gasteiger partial charge in [-0.1, -0.05) is 51.2 Å². The summed E-state index contributed by atoms with van der Waals surface area (Å²) in [6, 6.07) is 5.48. The Balaban J connectivity index is 0.000000269. The number of methoxy groups -OCH3 is 1. The van der Waals surface area contributed by atoms with E-state index in [1.807, 2.05) is 12.1 Å².